The lowest BCUT2D eigenvalue weighted by molar-refractivity contribution is 0.467. The smallest absolute Gasteiger partial charge is 0.181 e. The quantitative estimate of drug-likeness (QED) is 0.863. The summed E-state index contributed by atoms with van der Waals surface area (Å²) in [6.07, 6.45) is 4.54. The third-order valence-electron chi connectivity index (χ3n) is 3.41. The Kier molecular flexibility index (Phi) is 2.71. The van der Waals surface area contributed by atoms with E-state index in [2.05, 4.69) is 10.3 Å². The van der Waals surface area contributed by atoms with E-state index in [1.54, 1.807) is 0 Å². The maximum atomic E-state index is 11.4. The van der Waals surface area contributed by atoms with Gasteiger partial charge in [0.1, 0.15) is 5.76 Å². The molecule has 1 aromatic heterocycles. The van der Waals surface area contributed by atoms with Crippen LogP contribution in [0.3, 0.4) is 0 Å². The fourth-order valence-electron chi connectivity index (χ4n) is 2.27. The van der Waals surface area contributed by atoms with Crippen molar-refractivity contribution in [1.29, 1.82) is 0 Å². The first kappa shape index (κ1) is 11.2. The van der Waals surface area contributed by atoms with Gasteiger partial charge in [0.2, 0.25) is 0 Å². The number of hydrogen-bond donors (Lipinski definition) is 1. The minimum atomic E-state index is -2.87. The zero-order valence-corrected chi connectivity index (χ0v) is 10.4. The molecule has 1 aliphatic carbocycles. The van der Waals surface area contributed by atoms with Crippen molar-refractivity contribution in [3.8, 4) is 0 Å². The first-order valence-electron chi connectivity index (χ1n) is 6.00. The topological polar surface area (TPSA) is 72.2 Å². The van der Waals surface area contributed by atoms with Gasteiger partial charge in [-0.15, -0.1) is 0 Å². The molecule has 1 unspecified atom stereocenters. The van der Waals surface area contributed by atoms with E-state index in [0.717, 1.165) is 11.5 Å². The van der Waals surface area contributed by atoms with Crippen LogP contribution in [-0.4, -0.2) is 30.9 Å². The Bertz CT molecular complexity index is 505. The van der Waals surface area contributed by atoms with E-state index in [9.17, 15) is 8.42 Å². The summed E-state index contributed by atoms with van der Waals surface area (Å²) in [6, 6.07) is 0.617. The van der Waals surface area contributed by atoms with Gasteiger partial charge in [-0.3, -0.25) is 0 Å². The molecular formula is C11H16N2O3S. The second kappa shape index (κ2) is 4.10. The van der Waals surface area contributed by atoms with Crippen LogP contribution in [0.2, 0.25) is 0 Å². The second-order valence-electron chi connectivity index (χ2n) is 4.92. The first-order valence-corrected chi connectivity index (χ1v) is 7.82. The highest BCUT2D eigenvalue weighted by Crippen LogP contribution is 2.31. The minimum absolute atomic E-state index is 0.00139. The highest BCUT2D eigenvalue weighted by molar-refractivity contribution is 7.91. The van der Waals surface area contributed by atoms with Crippen molar-refractivity contribution in [1.82, 2.24) is 10.3 Å². The molecule has 3 rings (SSSR count). The van der Waals surface area contributed by atoms with Crippen LogP contribution < -0.4 is 5.32 Å². The Hall–Kier alpha value is -0.880. The van der Waals surface area contributed by atoms with Crippen molar-refractivity contribution in [2.75, 3.05) is 11.5 Å². The van der Waals surface area contributed by atoms with E-state index in [1.807, 2.05) is 0 Å². The Morgan fingerprint density at radius 3 is 2.88 bits per heavy atom. The van der Waals surface area contributed by atoms with Gasteiger partial charge in [-0.05, 0) is 19.3 Å². The lowest BCUT2D eigenvalue weighted by Gasteiger charge is -2.06. The monoisotopic (exact) mass is 256 g/mol. The van der Waals surface area contributed by atoms with Gasteiger partial charge in [-0.1, -0.05) is 0 Å². The molecular weight excluding hydrogens is 240 g/mol. The van der Waals surface area contributed by atoms with Crippen LogP contribution in [0.1, 0.15) is 36.6 Å². The lowest BCUT2D eigenvalue weighted by atomic mass is 10.0. The highest BCUT2D eigenvalue weighted by Gasteiger charge is 2.33. The van der Waals surface area contributed by atoms with Crippen molar-refractivity contribution in [2.45, 2.75) is 37.8 Å². The summed E-state index contributed by atoms with van der Waals surface area (Å²) in [6.45, 7) is 0.688. The molecule has 1 saturated heterocycles. The van der Waals surface area contributed by atoms with Gasteiger partial charge in [0, 0.05) is 18.5 Å². The minimum Gasteiger partial charge on any atom is -0.448 e. The zero-order valence-electron chi connectivity index (χ0n) is 9.55. The third kappa shape index (κ3) is 2.52. The zero-order chi connectivity index (χ0) is 11.9. The molecule has 1 saturated carbocycles. The fraction of sp³-hybridized carbons (Fsp3) is 0.727. The third-order valence-corrected chi connectivity index (χ3v) is 5.18. The molecule has 0 amide bonds. The fourth-order valence-corrected chi connectivity index (χ4v) is 4.01. The Labute approximate surface area is 101 Å². The molecule has 2 aliphatic rings. The first-order chi connectivity index (χ1) is 8.14. The normalized spacial score (nSPS) is 27.4. The average Bonchev–Trinajstić information content (AvgIpc) is 2.87. The molecule has 1 atom stereocenters. The number of hydrogen-bond acceptors (Lipinski definition) is 5. The van der Waals surface area contributed by atoms with Crippen molar-refractivity contribution in [3.05, 3.63) is 17.8 Å². The summed E-state index contributed by atoms with van der Waals surface area (Å²) < 4.78 is 28.3. The van der Waals surface area contributed by atoms with Gasteiger partial charge in [0.25, 0.3) is 0 Å². The standard InChI is InChI=1S/C11H16N2O3S/c14-17(15)4-3-8(6-17)11-10(13-7-16-11)5-12-9-1-2-9/h7-9,12H,1-6H2. The van der Waals surface area contributed by atoms with E-state index in [4.69, 9.17) is 4.42 Å². The molecule has 17 heavy (non-hydrogen) atoms. The Morgan fingerprint density at radius 1 is 1.41 bits per heavy atom. The number of oxazole rings is 1. The van der Waals surface area contributed by atoms with Crippen molar-refractivity contribution in [3.63, 3.8) is 0 Å². The van der Waals surface area contributed by atoms with Gasteiger partial charge in [-0.2, -0.15) is 0 Å². The summed E-state index contributed by atoms with van der Waals surface area (Å²) in [4.78, 5) is 4.18. The molecule has 0 aromatic carbocycles. The molecule has 2 fully saturated rings. The molecule has 0 radical (unpaired) electrons. The van der Waals surface area contributed by atoms with E-state index in [0.29, 0.717) is 19.0 Å². The predicted octanol–water partition coefficient (Wildman–Crippen LogP) is 0.829. The van der Waals surface area contributed by atoms with Crippen molar-refractivity contribution < 1.29 is 12.8 Å². The molecule has 6 heteroatoms. The lowest BCUT2D eigenvalue weighted by Crippen LogP contribution is -2.17. The number of nitrogens with zero attached hydrogens (tertiary/aromatic N) is 1. The van der Waals surface area contributed by atoms with E-state index in [-0.39, 0.29) is 17.4 Å². The molecule has 5 nitrogen and oxygen atoms in total. The number of sulfone groups is 1. The molecule has 1 aliphatic heterocycles. The van der Waals surface area contributed by atoms with Gasteiger partial charge >= 0.3 is 0 Å². The summed E-state index contributed by atoms with van der Waals surface area (Å²) in [7, 11) is -2.87. The van der Waals surface area contributed by atoms with E-state index < -0.39 is 9.84 Å². The molecule has 1 aromatic rings. The van der Waals surface area contributed by atoms with Crippen LogP contribution in [0.25, 0.3) is 0 Å². The van der Waals surface area contributed by atoms with Crippen LogP contribution in [0.5, 0.6) is 0 Å². The molecule has 2 heterocycles. The van der Waals surface area contributed by atoms with Crippen LogP contribution >= 0.6 is 0 Å². The molecule has 94 valence electrons. The van der Waals surface area contributed by atoms with E-state index in [1.165, 1.54) is 19.2 Å². The predicted molar refractivity (Wildman–Crippen MR) is 62.4 cm³/mol. The van der Waals surface area contributed by atoms with Gasteiger partial charge in [0.05, 0.1) is 17.2 Å². The molecule has 0 bridgehead atoms. The SMILES string of the molecule is O=S1(=O)CCC(c2ocnc2CNC2CC2)C1. The van der Waals surface area contributed by atoms with Crippen LogP contribution in [0.4, 0.5) is 0 Å². The number of rotatable bonds is 4. The number of nitrogens with one attached hydrogen (secondary N) is 1. The second-order valence-corrected chi connectivity index (χ2v) is 7.15. The van der Waals surface area contributed by atoms with Crippen molar-refractivity contribution in [2.24, 2.45) is 0 Å². The van der Waals surface area contributed by atoms with Crippen molar-refractivity contribution >= 4 is 9.84 Å². The Balaban J connectivity index is 1.71. The maximum Gasteiger partial charge on any atom is 0.181 e. The number of aromatic nitrogens is 1. The van der Waals surface area contributed by atoms with E-state index >= 15 is 0 Å². The summed E-state index contributed by atoms with van der Waals surface area (Å²) in [5.41, 5.74) is 0.874. The Morgan fingerprint density at radius 2 is 2.24 bits per heavy atom. The van der Waals surface area contributed by atoms with Crippen LogP contribution in [0, 0.1) is 0 Å². The van der Waals surface area contributed by atoms with Gasteiger partial charge in [0.15, 0.2) is 16.2 Å². The van der Waals surface area contributed by atoms with Crippen LogP contribution in [0.15, 0.2) is 10.8 Å². The van der Waals surface area contributed by atoms with Crippen LogP contribution in [-0.2, 0) is 16.4 Å². The summed E-state index contributed by atoms with van der Waals surface area (Å²) in [5.74, 6) is 1.24. The molecule has 1 N–H and O–H groups in total. The summed E-state index contributed by atoms with van der Waals surface area (Å²) >= 11 is 0. The summed E-state index contributed by atoms with van der Waals surface area (Å²) in [5, 5.41) is 3.37. The highest BCUT2D eigenvalue weighted by atomic mass is 32.2. The largest absolute Gasteiger partial charge is 0.448 e. The average molecular weight is 256 g/mol. The van der Waals surface area contributed by atoms with Gasteiger partial charge < -0.3 is 9.73 Å². The van der Waals surface area contributed by atoms with Gasteiger partial charge in [-0.25, -0.2) is 13.4 Å². The molecule has 0 spiro atoms. The maximum absolute atomic E-state index is 11.4.